The minimum atomic E-state index is -1.22. The molecule has 4 nitrogen and oxygen atoms in total. The lowest BCUT2D eigenvalue weighted by molar-refractivity contribution is 0.407. The summed E-state index contributed by atoms with van der Waals surface area (Å²) in [6.07, 6.45) is 4.31. The van der Waals surface area contributed by atoms with Crippen LogP contribution in [0, 0.1) is 11.7 Å². The van der Waals surface area contributed by atoms with Crippen molar-refractivity contribution in [2.75, 3.05) is 18.8 Å². The van der Waals surface area contributed by atoms with Crippen molar-refractivity contribution in [1.29, 1.82) is 0 Å². The summed E-state index contributed by atoms with van der Waals surface area (Å²) in [6, 6.07) is 0. The monoisotopic (exact) mass is 243 g/mol. The zero-order chi connectivity index (χ0) is 11.4. The molecule has 1 aromatic rings. The zero-order valence-corrected chi connectivity index (χ0v) is 9.67. The molecule has 1 aromatic heterocycles. The molecule has 2 rings (SSSR count). The summed E-state index contributed by atoms with van der Waals surface area (Å²) in [5.41, 5.74) is 0. The molecular weight excluding hydrogens is 229 g/mol. The van der Waals surface area contributed by atoms with E-state index in [1.807, 2.05) is 0 Å². The van der Waals surface area contributed by atoms with Crippen LogP contribution in [0.4, 0.5) is 4.39 Å². The summed E-state index contributed by atoms with van der Waals surface area (Å²) < 4.78 is 24.4. The number of hydrogen-bond donors (Lipinski definition) is 1. The lowest BCUT2D eigenvalue weighted by Crippen LogP contribution is -2.32. The third-order valence-electron chi connectivity index (χ3n) is 2.59. The maximum absolute atomic E-state index is 12.6. The topological polar surface area (TPSA) is 54.9 Å². The van der Waals surface area contributed by atoms with Gasteiger partial charge in [-0.25, -0.2) is 14.4 Å². The minimum absolute atomic E-state index is 0.229. The summed E-state index contributed by atoms with van der Waals surface area (Å²) in [6.45, 7) is 1.93. The lowest BCUT2D eigenvalue weighted by Gasteiger charge is -2.21. The van der Waals surface area contributed by atoms with Gasteiger partial charge in [0.05, 0.1) is 23.2 Å². The molecule has 0 amide bonds. The Morgan fingerprint density at radius 1 is 1.50 bits per heavy atom. The summed E-state index contributed by atoms with van der Waals surface area (Å²) in [4.78, 5) is 7.47. The Kier molecular flexibility index (Phi) is 3.95. The van der Waals surface area contributed by atoms with Crippen molar-refractivity contribution in [1.82, 2.24) is 15.3 Å². The van der Waals surface area contributed by atoms with E-state index in [0.29, 0.717) is 11.7 Å². The van der Waals surface area contributed by atoms with E-state index in [0.717, 1.165) is 38.3 Å². The fourth-order valence-corrected chi connectivity index (χ4v) is 2.98. The number of piperidine rings is 1. The first-order valence-electron chi connectivity index (χ1n) is 5.32. The van der Waals surface area contributed by atoms with E-state index < -0.39 is 16.6 Å². The molecule has 1 fully saturated rings. The van der Waals surface area contributed by atoms with Crippen LogP contribution in [0.15, 0.2) is 17.6 Å². The molecule has 2 atom stereocenters. The van der Waals surface area contributed by atoms with Gasteiger partial charge < -0.3 is 5.32 Å². The standard InChI is InChI=1S/C10H14FN3OS/c11-9-5-13-10(14-6-9)16(15)7-8-2-1-3-12-4-8/h5-6,8,12H,1-4,7H2/t8-,16-/m0/s1. The first-order valence-corrected chi connectivity index (χ1v) is 6.64. The molecule has 0 bridgehead atoms. The molecule has 1 aliphatic rings. The van der Waals surface area contributed by atoms with Crippen molar-refractivity contribution >= 4 is 10.8 Å². The molecule has 6 heteroatoms. The van der Waals surface area contributed by atoms with E-state index in [1.165, 1.54) is 0 Å². The lowest BCUT2D eigenvalue weighted by atomic mass is 10.0. The van der Waals surface area contributed by atoms with Crippen LogP contribution >= 0.6 is 0 Å². The second kappa shape index (κ2) is 5.45. The average molecular weight is 243 g/mol. The van der Waals surface area contributed by atoms with Crippen LogP contribution in [0.2, 0.25) is 0 Å². The van der Waals surface area contributed by atoms with E-state index in [-0.39, 0.29) is 5.16 Å². The third-order valence-corrected chi connectivity index (χ3v) is 3.98. The summed E-state index contributed by atoms with van der Waals surface area (Å²) in [5.74, 6) is 0.460. The first kappa shape index (κ1) is 11.6. The van der Waals surface area contributed by atoms with Gasteiger partial charge in [0.25, 0.3) is 0 Å². The Bertz CT molecular complexity index is 365. The van der Waals surface area contributed by atoms with Crippen molar-refractivity contribution in [3.8, 4) is 0 Å². The van der Waals surface area contributed by atoms with Gasteiger partial charge in [-0.15, -0.1) is 0 Å². The van der Waals surface area contributed by atoms with Crippen LogP contribution in [0.3, 0.4) is 0 Å². The number of halogens is 1. The summed E-state index contributed by atoms with van der Waals surface area (Å²) in [7, 11) is -1.22. The molecule has 0 unspecified atom stereocenters. The Hall–Kier alpha value is -0.880. The number of rotatable bonds is 3. The Morgan fingerprint density at radius 3 is 2.88 bits per heavy atom. The quantitative estimate of drug-likeness (QED) is 0.795. The predicted molar refractivity (Wildman–Crippen MR) is 58.9 cm³/mol. The van der Waals surface area contributed by atoms with Gasteiger partial charge in [-0.05, 0) is 31.8 Å². The largest absolute Gasteiger partial charge is 0.316 e. The molecular formula is C10H14FN3OS. The molecule has 1 saturated heterocycles. The molecule has 0 radical (unpaired) electrons. The maximum Gasteiger partial charge on any atom is 0.218 e. The van der Waals surface area contributed by atoms with Crippen LogP contribution in [0.1, 0.15) is 12.8 Å². The van der Waals surface area contributed by atoms with Crippen molar-refractivity contribution in [3.05, 3.63) is 18.2 Å². The highest BCUT2D eigenvalue weighted by atomic mass is 32.2. The second-order valence-corrected chi connectivity index (χ2v) is 5.30. The van der Waals surface area contributed by atoms with E-state index in [9.17, 15) is 8.60 Å². The third kappa shape index (κ3) is 3.05. The molecule has 2 heterocycles. The fraction of sp³-hybridized carbons (Fsp3) is 0.600. The second-order valence-electron chi connectivity index (χ2n) is 3.91. The normalized spacial score (nSPS) is 22.9. The van der Waals surface area contributed by atoms with Crippen LogP contribution in [0.25, 0.3) is 0 Å². The van der Waals surface area contributed by atoms with E-state index in [4.69, 9.17) is 0 Å². The zero-order valence-electron chi connectivity index (χ0n) is 8.86. The predicted octanol–water partition coefficient (Wildman–Crippen LogP) is 0.723. The SMILES string of the molecule is O=[S@@](C[C@H]1CCCNC1)c1ncc(F)cn1. The van der Waals surface area contributed by atoms with Crippen molar-refractivity contribution < 1.29 is 8.60 Å². The fourth-order valence-electron chi connectivity index (χ4n) is 1.77. The molecule has 1 N–H and O–H groups in total. The van der Waals surface area contributed by atoms with Gasteiger partial charge in [0.1, 0.15) is 0 Å². The van der Waals surface area contributed by atoms with Gasteiger partial charge in [-0.2, -0.15) is 0 Å². The van der Waals surface area contributed by atoms with E-state index >= 15 is 0 Å². The molecule has 0 aliphatic carbocycles. The van der Waals surface area contributed by atoms with E-state index in [2.05, 4.69) is 15.3 Å². The van der Waals surface area contributed by atoms with Crippen molar-refractivity contribution in [3.63, 3.8) is 0 Å². The van der Waals surface area contributed by atoms with Gasteiger partial charge in [-0.1, -0.05) is 0 Å². The van der Waals surface area contributed by atoms with Crippen molar-refractivity contribution in [2.45, 2.75) is 18.0 Å². The van der Waals surface area contributed by atoms with Crippen LogP contribution < -0.4 is 5.32 Å². The number of aromatic nitrogens is 2. The van der Waals surface area contributed by atoms with Gasteiger partial charge >= 0.3 is 0 Å². The molecule has 1 aliphatic heterocycles. The molecule has 0 spiro atoms. The van der Waals surface area contributed by atoms with Gasteiger partial charge in [0, 0.05) is 5.75 Å². The molecule has 88 valence electrons. The van der Waals surface area contributed by atoms with Crippen LogP contribution in [-0.2, 0) is 10.8 Å². The Balaban J connectivity index is 1.94. The molecule has 16 heavy (non-hydrogen) atoms. The highest BCUT2D eigenvalue weighted by Gasteiger charge is 2.18. The van der Waals surface area contributed by atoms with Gasteiger partial charge in [-0.3, -0.25) is 4.21 Å². The minimum Gasteiger partial charge on any atom is -0.316 e. The maximum atomic E-state index is 12.6. The summed E-state index contributed by atoms with van der Waals surface area (Å²) >= 11 is 0. The molecule has 0 aromatic carbocycles. The van der Waals surface area contributed by atoms with Gasteiger partial charge in [0.2, 0.25) is 5.16 Å². The van der Waals surface area contributed by atoms with E-state index in [1.54, 1.807) is 0 Å². The van der Waals surface area contributed by atoms with Crippen LogP contribution in [-0.4, -0.2) is 33.0 Å². The highest BCUT2D eigenvalue weighted by molar-refractivity contribution is 7.84. The first-order chi connectivity index (χ1) is 7.75. The Labute approximate surface area is 96.1 Å². The number of nitrogens with zero attached hydrogens (tertiary/aromatic N) is 2. The summed E-state index contributed by atoms with van der Waals surface area (Å²) in [5, 5.41) is 3.49. The average Bonchev–Trinajstić information content (AvgIpc) is 2.31. The van der Waals surface area contributed by atoms with Crippen molar-refractivity contribution in [2.24, 2.45) is 5.92 Å². The smallest absolute Gasteiger partial charge is 0.218 e. The Morgan fingerprint density at radius 2 is 2.25 bits per heavy atom. The number of nitrogens with one attached hydrogen (secondary N) is 1. The van der Waals surface area contributed by atoms with Crippen LogP contribution in [0.5, 0.6) is 0 Å². The molecule has 0 saturated carbocycles. The number of hydrogen-bond acceptors (Lipinski definition) is 4. The highest BCUT2D eigenvalue weighted by Crippen LogP contribution is 2.13. The van der Waals surface area contributed by atoms with Gasteiger partial charge in [0.15, 0.2) is 5.82 Å².